The number of amidine groups is 1. The Morgan fingerprint density at radius 2 is 1.96 bits per heavy atom. The zero-order valence-electron chi connectivity index (χ0n) is 13.3. The summed E-state index contributed by atoms with van der Waals surface area (Å²) < 4.78 is 12.8. The molecule has 1 saturated carbocycles. The van der Waals surface area contributed by atoms with Crippen LogP contribution in [0.5, 0.6) is 0 Å². The van der Waals surface area contributed by atoms with Crippen LogP contribution in [0.1, 0.15) is 19.4 Å². The summed E-state index contributed by atoms with van der Waals surface area (Å²) in [6, 6.07) is 12.2. The van der Waals surface area contributed by atoms with Crippen LogP contribution in [0.2, 0.25) is 0 Å². The summed E-state index contributed by atoms with van der Waals surface area (Å²) in [5.41, 5.74) is 3.76. The first-order valence-electron chi connectivity index (χ1n) is 7.66. The standard InChI is InChI=1S/C17H15BrN4O2/c1-10-7-23-17(24-10)16(9-20)14(2,11-3-5-12(18)6-4-11)15(16,8-19)13(21)22-17/h3-6,10H,7H2,1-2H3,(H2,21,22)/p+1/t10-,14-,15-,16+,17+/m0/s1. The summed E-state index contributed by atoms with van der Waals surface area (Å²) in [6.07, 6.45) is -0.195. The fourth-order valence-electron chi connectivity index (χ4n) is 4.72. The van der Waals surface area contributed by atoms with E-state index in [9.17, 15) is 10.5 Å². The molecule has 0 aromatic heterocycles. The van der Waals surface area contributed by atoms with Crippen molar-refractivity contribution in [2.45, 2.75) is 31.3 Å². The van der Waals surface area contributed by atoms with Gasteiger partial charge in [-0.1, -0.05) is 35.0 Å². The van der Waals surface area contributed by atoms with Gasteiger partial charge in [-0.15, -0.1) is 0 Å². The predicted octanol–water partition coefficient (Wildman–Crippen LogP) is 0.281. The summed E-state index contributed by atoms with van der Waals surface area (Å²) in [6.45, 7) is 4.08. The van der Waals surface area contributed by atoms with Gasteiger partial charge in [0.2, 0.25) is 0 Å². The van der Waals surface area contributed by atoms with Gasteiger partial charge in [0, 0.05) is 4.47 Å². The largest absolute Gasteiger partial charge is 0.344 e. The zero-order valence-corrected chi connectivity index (χ0v) is 14.8. The van der Waals surface area contributed by atoms with Gasteiger partial charge in [0.1, 0.15) is 0 Å². The third kappa shape index (κ3) is 1.26. The number of nitriles is 2. The predicted molar refractivity (Wildman–Crippen MR) is 87.0 cm³/mol. The van der Waals surface area contributed by atoms with Gasteiger partial charge in [-0.3, -0.25) is 5.73 Å². The molecule has 4 rings (SSSR count). The monoisotopic (exact) mass is 387 g/mol. The Labute approximate surface area is 148 Å². The van der Waals surface area contributed by atoms with E-state index in [1.54, 1.807) is 0 Å². The summed E-state index contributed by atoms with van der Waals surface area (Å²) in [5.74, 6) is -1.17. The molecule has 2 aliphatic heterocycles. The number of nitrogens with one attached hydrogen (secondary N) is 1. The Balaban J connectivity index is 1.98. The van der Waals surface area contributed by atoms with Gasteiger partial charge in [0.05, 0.1) is 30.3 Å². The minimum Gasteiger partial charge on any atom is -0.311 e. The lowest BCUT2D eigenvalue weighted by Crippen LogP contribution is -2.90. The highest BCUT2D eigenvalue weighted by Gasteiger charge is 3.03. The van der Waals surface area contributed by atoms with Crippen molar-refractivity contribution in [2.75, 3.05) is 6.61 Å². The normalized spacial score (nSPS) is 45.4. The fraction of sp³-hybridized carbons (Fsp3) is 0.471. The van der Waals surface area contributed by atoms with E-state index >= 15 is 0 Å². The number of hydrogen-bond acceptors (Lipinski definition) is 5. The second kappa shape index (κ2) is 4.37. The van der Waals surface area contributed by atoms with Crippen molar-refractivity contribution < 1.29 is 14.5 Å². The van der Waals surface area contributed by atoms with Crippen molar-refractivity contribution in [3.05, 3.63) is 34.3 Å². The third-order valence-corrected chi connectivity index (χ3v) is 6.37. The van der Waals surface area contributed by atoms with Crippen molar-refractivity contribution in [1.29, 1.82) is 10.5 Å². The minimum absolute atomic E-state index is 0.195. The van der Waals surface area contributed by atoms with Gasteiger partial charge in [-0.25, -0.2) is 4.99 Å². The fourth-order valence-corrected chi connectivity index (χ4v) is 4.98. The zero-order chi connectivity index (χ0) is 17.4. The first-order chi connectivity index (χ1) is 11.3. The van der Waals surface area contributed by atoms with E-state index in [1.807, 2.05) is 38.1 Å². The molecule has 24 heavy (non-hydrogen) atoms. The first-order valence-corrected chi connectivity index (χ1v) is 8.46. The Morgan fingerprint density at radius 3 is 2.46 bits per heavy atom. The molecule has 0 amide bonds. The van der Waals surface area contributed by atoms with Gasteiger partial charge in [-0.05, 0) is 24.6 Å². The van der Waals surface area contributed by atoms with Crippen molar-refractivity contribution in [1.82, 2.24) is 0 Å². The summed E-state index contributed by atoms with van der Waals surface area (Å²) in [5, 5.41) is 20.2. The number of benzene rings is 1. The van der Waals surface area contributed by atoms with Gasteiger partial charge >= 0.3 is 5.91 Å². The second-order valence-electron chi connectivity index (χ2n) is 6.75. The number of hydrogen-bond donors (Lipinski definition) is 2. The number of ether oxygens (including phenoxy) is 2. The van der Waals surface area contributed by atoms with Crippen LogP contribution >= 0.6 is 15.9 Å². The Morgan fingerprint density at radius 1 is 1.29 bits per heavy atom. The lowest BCUT2D eigenvalue weighted by molar-refractivity contribution is -0.679. The highest BCUT2D eigenvalue weighted by atomic mass is 79.9. The van der Waals surface area contributed by atoms with E-state index < -0.39 is 22.2 Å². The summed E-state index contributed by atoms with van der Waals surface area (Å²) >= 11 is 3.41. The molecule has 1 aromatic rings. The van der Waals surface area contributed by atoms with Crippen molar-refractivity contribution in [3.63, 3.8) is 0 Å². The molecule has 3 aliphatic rings. The van der Waals surface area contributed by atoms with Gasteiger partial charge in [0.15, 0.2) is 10.8 Å². The van der Waals surface area contributed by atoms with Crippen LogP contribution in [0.25, 0.3) is 0 Å². The van der Waals surface area contributed by atoms with Crippen LogP contribution in [0.4, 0.5) is 0 Å². The average molecular weight is 388 g/mol. The molecule has 2 fully saturated rings. The summed E-state index contributed by atoms with van der Waals surface area (Å²) in [4.78, 5) is 2.97. The van der Waals surface area contributed by atoms with Crippen molar-refractivity contribution in [3.8, 4) is 12.1 Å². The van der Waals surface area contributed by atoms with E-state index in [4.69, 9.17) is 15.2 Å². The lowest BCUT2D eigenvalue weighted by Gasteiger charge is -2.27. The molecule has 6 nitrogen and oxygen atoms in total. The topological polar surface area (TPSA) is 106 Å². The van der Waals surface area contributed by atoms with Crippen molar-refractivity contribution in [2.24, 2.45) is 16.6 Å². The molecule has 122 valence electrons. The lowest BCUT2D eigenvalue weighted by atomic mass is 9.85. The van der Waals surface area contributed by atoms with Crippen LogP contribution in [-0.2, 0) is 14.9 Å². The number of halogens is 1. The summed E-state index contributed by atoms with van der Waals surface area (Å²) in [7, 11) is 0. The molecular weight excluding hydrogens is 372 g/mol. The molecule has 0 radical (unpaired) electrons. The van der Waals surface area contributed by atoms with E-state index in [-0.39, 0.29) is 11.9 Å². The molecule has 0 unspecified atom stereocenters. The molecule has 1 aliphatic carbocycles. The van der Waals surface area contributed by atoms with Gasteiger partial charge in [-0.2, -0.15) is 10.5 Å². The Hall–Kier alpha value is -1.93. The van der Waals surface area contributed by atoms with Crippen LogP contribution in [0.3, 0.4) is 0 Å². The molecule has 5 atom stereocenters. The molecule has 1 aromatic carbocycles. The molecule has 3 N–H and O–H groups in total. The molecular formula is C17H16BrN4O2+. The smallest absolute Gasteiger partial charge is 0.311 e. The van der Waals surface area contributed by atoms with Gasteiger partial charge < -0.3 is 9.47 Å². The molecule has 1 spiro atoms. The van der Waals surface area contributed by atoms with Gasteiger partial charge in [0.25, 0.3) is 5.84 Å². The average Bonchev–Trinajstić information content (AvgIpc) is 2.75. The van der Waals surface area contributed by atoms with E-state index in [0.717, 1.165) is 10.0 Å². The Kier molecular flexibility index (Phi) is 2.84. The van der Waals surface area contributed by atoms with Crippen LogP contribution in [0, 0.1) is 33.5 Å². The van der Waals surface area contributed by atoms with E-state index in [1.165, 1.54) is 0 Å². The second-order valence-corrected chi connectivity index (χ2v) is 7.67. The Bertz CT molecular complexity index is 857. The molecule has 2 heterocycles. The van der Waals surface area contributed by atoms with Crippen LogP contribution < -0.4 is 10.7 Å². The third-order valence-electron chi connectivity index (χ3n) is 5.84. The maximum atomic E-state index is 10.2. The number of fused-ring (bicyclic) bond motifs is 2. The molecule has 0 bridgehead atoms. The van der Waals surface area contributed by atoms with Crippen LogP contribution in [0.15, 0.2) is 28.7 Å². The SMILES string of the molecule is C[C@H]1CO[C@@]2([NH+]=C(N)[C@@]3(C#N)[C@](C)(c4ccc(Br)cc4)[C@@]23C#N)O1. The number of nitrogens with zero attached hydrogens (tertiary/aromatic N) is 2. The first kappa shape index (κ1) is 15.6. The maximum absolute atomic E-state index is 10.2. The number of nitrogens with two attached hydrogens (primary N) is 1. The maximum Gasteiger partial charge on any atom is 0.344 e. The van der Waals surface area contributed by atoms with E-state index in [2.05, 4.69) is 33.1 Å². The minimum atomic E-state index is -1.40. The van der Waals surface area contributed by atoms with E-state index in [0.29, 0.717) is 6.61 Å². The number of rotatable bonds is 1. The van der Waals surface area contributed by atoms with Crippen molar-refractivity contribution >= 4 is 21.8 Å². The van der Waals surface area contributed by atoms with Crippen LogP contribution in [-0.4, -0.2) is 24.5 Å². The molecule has 1 saturated heterocycles. The highest BCUT2D eigenvalue weighted by Crippen LogP contribution is 2.82. The highest BCUT2D eigenvalue weighted by molar-refractivity contribution is 9.10. The quantitative estimate of drug-likeness (QED) is 0.719. The molecule has 7 heteroatoms.